The van der Waals surface area contributed by atoms with E-state index >= 15 is 0 Å². The summed E-state index contributed by atoms with van der Waals surface area (Å²) in [6.45, 7) is 1.29. The predicted molar refractivity (Wildman–Crippen MR) is 67.2 cm³/mol. The van der Waals surface area contributed by atoms with Crippen molar-refractivity contribution in [2.24, 2.45) is 5.73 Å². The minimum Gasteiger partial charge on any atom is -0.337 e. The van der Waals surface area contributed by atoms with Crippen molar-refractivity contribution >= 4 is 21.8 Å². The van der Waals surface area contributed by atoms with Crippen molar-refractivity contribution in [3.63, 3.8) is 0 Å². The highest BCUT2D eigenvalue weighted by Crippen LogP contribution is 2.21. The number of carbonyl (C=O) groups excluding carboxylic acids is 1. The minimum atomic E-state index is -0.358. The molecule has 2 N–H and O–H groups in total. The Labute approximate surface area is 108 Å². The van der Waals surface area contributed by atoms with Crippen LogP contribution < -0.4 is 5.73 Å². The molecule has 0 spiro atoms. The lowest BCUT2D eigenvalue weighted by atomic mass is 10.1. The summed E-state index contributed by atoms with van der Waals surface area (Å²) in [6.07, 6.45) is 1.88. The molecule has 1 fully saturated rings. The van der Waals surface area contributed by atoms with Gasteiger partial charge < -0.3 is 10.6 Å². The highest BCUT2D eigenvalue weighted by atomic mass is 79.9. The summed E-state index contributed by atoms with van der Waals surface area (Å²) in [5.74, 6) is -0.448. The molecule has 1 heterocycles. The highest BCUT2D eigenvalue weighted by Gasteiger charge is 2.23. The summed E-state index contributed by atoms with van der Waals surface area (Å²) in [4.78, 5) is 13.9. The number of halogens is 2. The topological polar surface area (TPSA) is 46.3 Å². The molecule has 1 aromatic carbocycles. The van der Waals surface area contributed by atoms with Crippen LogP contribution in [0.4, 0.5) is 4.39 Å². The Balaban J connectivity index is 2.18. The fourth-order valence-electron chi connectivity index (χ4n) is 2.03. The van der Waals surface area contributed by atoms with Crippen molar-refractivity contribution in [2.45, 2.75) is 18.9 Å². The van der Waals surface area contributed by atoms with Gasteiger partial charge in [-0.05, 0) is 47.0 Å². The van der Waals surface area contributed by atoms with Crippen molar-refractivity contribution in [2.75, 3.05) is 13.1 Å². The van der Waals surface area contributed by atoms with Gasteiger partial charge in [0.1, 0.15) is 5.82 Å². The average Bonchev–Trinajstić information content (AvgIpc) is 2.28. The molecule has 0 unspecified atom stereocenters. The molecule has 1 saturated heterocycles. The molecule has 1 amide bonds. The molecule has 2 rings (SSSR count). The maximum Gasteiger partial charge on any atom is 0.255 e. The molecule has 0 radical (unpaired) electrons. The van der Waals surface area contributed by atoms with Crippen LogP contribution in [0.1, 0.15) is 23.2 Å². The lowest BCUT2D eigenvalue weighted by molar-refractivity contribution is 0.0708. The van der Waals surface area contributed by atoms with Crippen LogP contribution in [-0.4, -0.2) is 29.9 Å². The Morgan fingerprint density at radius 3 is 2.94 bits per heavy atom. The Morgan fingerprint density at radius 1 is 1.53 bits per heavy atom. The molecule has 17 heavy (non-hydrogen) atoms. The summed E-state index contributed by atoms with van der Waals surface area (Å²) in [6, 6.07) is 4.15. The van der Waals surface area contributed by atoms with Gasteiger partial charge in [-0.15, -0.1) is 0 Å². The van der Waals surface area contributed by atoms with Gasteiger partial charge in [-0.25, -0.2) is 4.39 Å². The zero-order valence-electron chi connectivity index (χ0n) is 9.33. The van der Waals surface area contributed by atoms with Crippen LogP contribution in [0.3, 0.4) is 0 Å². The smallest absolute Gasteiger partial charge is 0.255 e. The fourth-order valence-corrected chi connectivity index (χ4v) is 2.55. The van der Waals surface area contributed by atoms with Crippen LogP contribution in [0.2, 0.25) is 0 Å². The Morgan fingerprint density at radius 2 is 2.29 bits per heavy atom. The molecule has 0 bridgehead atoms. The van der Waals surface area contributed by atoms with E-state index in [1.807, 2.05) is 0 Å². The SMILES string of the molecule is N[C@H]1CCCN(C(=O)c2ccc(F)cc2Br)C1. The molecule has 92 valence electrons. The van der Waals surface area contributed by atoms with Crippen molar-refractivity contribution in [3.8, 4) is 0 Å². The molecule has 0 aliphatic carbocycles. The number of carbonyl (C=O) groups is 1. The maximum absolute atomic E-state index is 12.9. The molecule has 1 atom stereocenters. The molecule has 1 aromatic rings. The van der Waals surface area contributed by atoms with E-state index in [4.69, 9.17) is 5.73 Å². The first-order valence-electron chi connectivity index (χ1n) is 5.58. The fraction of sp³-hybridized carbons (Fsp3) is 0.417. The van der Waals surface area contributed by atoms with E-state index in [-0.39, 0.29) is 17.8 Å². The van der Waals surface area contributed by atoms with Crippen molar-refractivity contribution in [1.82, 2.24) is 4.90 Å². The number of hydrogen-bond donors (Lipinski definition) is 1. The summed E-state index contributed by atoms with van der Waals surface area (Å²) in [7, 11) is 0. The lowest BCUT2D eigenvalue weighted by Gasteiger charge is -2.31. The van der Waals surface area contributed by atoms with E-state index in [2.05, 4.69) is 15.9 Å². The van der Waals surface area contributed by atoms with Crippen LogP contribution in [0.15, 0.2) is 22.7 Å². The van der Waals surface area contributed by atoms with Crippen LogP contribution in [0, 0.1) is 5.82 Å². The van der Waals surface area contributed by atoms with Gasteiger partial charge in [0.05, 0.1) is 5.56 Å². The number of amides is 1. The third kappa shape index (κ3) is 2.84. The quantitative estimate of drug-likeness (QED) is 0.864. The Bertz CT molecular complexity index is 439. The molecule has 0 aromatic heterocycles. The van der Waals surface area contributed by atoms with E-state index in [0.717, 1.165) is 19.4 Å². The summed E-state index contributed by atoms with van der Waals surface area (Å²) >= 11 is 3.21. The number of hydrogen-bond acceptors (Lipinski definition) is 2. The second kappa shape index (κ2) is 5.14. The maximum atomic E-state index is 12.9. The van der Waals surface area contributed by atoms with E-state index in [1.54, 1.807) is 4.90 Å². The van der Waals surface area contributed by atoms with Crippen LogP contribution in [0.5, 0.6) is 0 Å². The number of rotatable bonds is 1. The van der Waals surface area contributed by atoms with E-state index in [1.165, 1.54) is 18.2 Å². The van der Waals surface area contributed by atoms with Gasteiger partial charge in [0.15, 0.2) is 0 Å². The monoisotopic (exact) mass is 300 g/mol. The molecule has 1 aliphatic rings. The normalized spacial score (nSPS) is 20.4. The van der Waals surface area contributed by atoms with Gasteiger partial charge in [0.25, 0.3) is 5.91 Å². The lowest BCUT2D eigenvalue weighted by Crippen LogP contribution is -2.45. The molecule has 3 nitrogen and oxygen atoms in total. The first-order chi connectivity index (χ1) is 8.08. The highest BCUT2D eigenvalue weighted by molar-refractivity contribution is 9.10. The summed E-state index contributed by atoms with van der Waals surface area (Å²) < 4.78 is 13.4. The number of benzene rings is 1. The largest absolute Gasteiger partial charge is 0.337 e. The van der Waals surface area contributed by atoms with E-state index < -0.39 is 0 Å². The summed E-state index contributed by atoms with van der Waals surface area (Å²) in [5, 5.41) is 0. The molecule has 0 saturated carbocycles. The molecular formula is C12H14BrFN2O. The number of piperidine rings is 1. The van der Waals surface area contributed by atoms with Crippen LogP contribution in [0.25, 0.3) is 0 Å². The van der Waals surface area contributed by atoms with E-state index in [9.17, 15) is 9.18 Å². The van der Waals surface area contributed by atoms with Crippen molar-refractivity contribution in [3.05, 3.63) is 34.1 Å². The third-order valence-corrected chi connectivity index (χ3v) is 3.56. The van der Waals surface area contributed by atoms with Crippen molar-refractivity contribution < 1.29 is 9.18 Å². The second-order valence-corrected chi connectivity index (χ2v) is 5.13. The number of nitrogens with two attached hydrogens (primary N) is 1. The zero-order chi connectivity index (χ0) is 12.4. The zero-order valence-corrected chi connectivity index (χ0v) is 10.9. The first-order valence-corrected chi connectivity index (χ1v) is 6.37. The predicted octanol–water partition coefficient (Wildman–Crippen LogP) is 2.15. The minimum absolute atomic E-state index is 0.0481. The second-order valence-electron chi connectivity index (χ2n) is 4.28. The van der Waals surface area contributed by atoms with E-state index in [0.29, 0.717) is 16.6 Å². The first kappa shape index (κ1) is 12.5. The van der Waals surface area contributed by atoms with Gasteiger partial charge in [-0.3, -0.25) is 4.79 Å². The number of nitrogens with zero attached hydrogens (tertiary/aromatic N) is 1. The van der Waals surface area contributed by atoms with Gasteiger partial charge >= 0.3 is 0 Å². The van der Waals surface area contributed by atoms with Gasteiger partial charge in [0.2, 0.25) is 0 Å². The summed E-state index contributed by atoms with van der Waals surface area (Å²) in [5.41, 5.74) is 6.32. The van der Waals surface area contributed by atoms with Crippen molar-refractivity contribution in [1.29, 1.82) is 0 Å². The van der Waals surface area contributed by atoms with Gasteiger partial charge in [-0.2, -0.15) is 0 Å². The third-order valence-electron chi connectivity index (χ3n) is 2.91. The molecule has 5 heteroatoms. The standard InChI is InChI=1S/C12H14BrFN2O/c13-11-6-8(14)3-4-10(11)12(17)16-5-1-2-9(15)7-16/h3-4,6,9H,1-2,5,7,15H2/t9-/m0/s1. The Hall–Kier alpha value is -0.940. The molecule has 1 aliphatic heterocycles. The van der Waals surface area contributed by atoms with Gasteiger partial charge in [-0.1, -0.05) is 0 Å². The van der Waals surface area contributed by atoms with Crippen LogP contribution in [-0.2, 0) is 0 Å². The van der Waals surface area contributed by atoms with Crippen LogP contribution >= 0.6 is 15.9 Å². The average molecular weight is 301 g/mol. The van der Waals surface area contributed by atoms with Gasteiger partial charge in [0, 0.05) is 23.6 Å². The molecular weight excluding hydrogens is 287 g/mol. The number of likely N-dealkylation sites (tertiary alicyclic amines) is 1. The Kier molecular flexibility index (Phi) is 3.79.